The molecule has 1 aromatic heterocycles. The quantitative estimate of drug-likeness (QED) is 0.868. The summed E-state index contributed by atoms with van der Waals surface area (Å²) >= 11 is 1.45. The monoisotopic (exact) mass is 370 g/mol. The standard InChI is InChI=1S/C20H22N2O3S/c1-12-9-14(12)16-8-7-13(25-16)11-22(2)19(23)10-18-20(24)21-15-5-3-4-6-17(15)26-18/h3-8,12,14,18H,9-11H2,1-2H3,(H,21,24). The van der Waals surface area contributed by atoms with E-state index in [0.29, 0.717) is 18.4 Å². The normalized spacial score (nSPS) is 23.9. The van der Waals surface area contributed by atoms with Gasteiger partial charge in [0.25, 0.3) is 0 Å². The van der Waals surface area contributed by atoms with Crippen molar-refractivity contribution in [1.82, 2.24) is 4.90 Å². The van der Waals surface area contributed by atoms with E-state index in [4.69, 9.17) is 4.42 Å². The number of anilines is 1. The van der Waals surface area contributed by atoms with Crippen molar-refractivity contribution >= 4 is 29.3 Å². The molecule has 1 aliphatic carbocycles. The van der Waals surface area contributed by atoms with Crippen LogP contribution in [0.1, 0.15) is 37.2 Å². The number of para-hydroxylation sites is 1. The fraction of sp³-hybridized carbons (Fsp3) is 0.400. The third kappa shape index (κ3) is 3.51. The highest BCUT2D eigenvalue weighted by molar-refractivity contribution is 8.01. The third-order valence-corrected chi connectivity index (χ3v) is 6.32. The van der Waals surface area contributed by atoms with Crippen LogP contribution in [-0.2, 0) is 16.1 Å². The average Bonchev–Trinajstić information content (AvgIpc) is 3.17. The molecule has 2 aliphatic rings. The molecule has 2 heterocycles. The predicted molar refractivity (Wildman–Crippen MR) is 101 cm³/mol. The van der Waals surface area contributed by atoms with Gasteiger partial charge in [0.1, 0.15) is 11.5 Å². The van der Waals surface area contributed by atoms with Crippen LogP contribution in [0.3, 0.4) is 0 Å². The van der Waals surface area contributed by atoms with Crippen molar-refractivity contribution in [2.24, 2.45) is 5.92 Å². The number of fused-ring (bicyclic) bond motifs is 1. The van der Waals surface area contributed by atoms with E-state index in [0.717, 1.165) is 22.1 Å². The number of rotatable bonds is 5. The van der Waals surface area contributed by atoms with Crippen LogP contribution in [0.2, 0.25) is 0 Å². The Bertz CT molecular complexity index is 847. The van der Waals surface area contributed by atoms with Gasteiger partial charge in [-0.2, -0.15) is 0 Å². The predicted octanol–water partition coefficient (Wildman–Crippen LogP) is 3.86. The van der Waals surface area contributed by atoms with Crippen LogP contribution in [0.15, 0.2) is 45.7 Å². The second kappa shape index (κ2) is 6.83. The van der Waals surface area contributed by atoms with Gasteiger partial charge in [-0.25, -0.2) is 0 Å². The zero-order valence-electron chi connectivity index (χ0n) is 14.9. The molecule has 1 aromatic carbocycles. The average molecular weight is 370 g/mol. The van der Waals surface area contributed by atoms with Gasteiger partial charge in [-0.3, -0.25) is 9.59 Å². The first-order valence-corrected chi connectivity index (χ1v) is 9.78. The van der Waals surface area contributed by atoms with Crippen LogP contribution in [0, 0.1) is 5.92 Å². The Morgan fingerprint density at radius 2 is 2.08 bits per heavy atom. The molecule has 3 atom stereocenters. The van der Waals surface area contributed by atoms with Crippen molar-refractivity contribution in [3.05, 3.63) is 47.9 Å². The van der Waals surface area contributed by atoms with E-state index in [1.54, 1.807) is 11.9 Å². The SMILES string of the molecule is CC1CC1c1ccc(CN(C)C(=O)CC2Sc3ccccc3NC2=O)o1. The lowest BCUT2D eigenvalue weighted by Crippen LogP contribution is -2.35. The van der Waals surface area contributed by atoms with Crippen LogP contribution >= 0.6 is 11.8 Å². The highest BCUT2D eigenvalue weighted by atomic mass is 32.2. The number of hydrogen-bond donors (Lipinski definition) is 1. The maximum atomic E-state index is 12.6. The molecular formula is C20H22N2O3S. The number of furan rings is 1. The van der Waals surface area contributed by atoms with Crippen molar-refractivity contribution in [2.45, 2.75) is 42.4 Å². The molecule has 0 saturated heterocycles. The maximum absolute atomic E-state index is 12.6. The molecular weight excluding hydrogens is 348 g/mol. The summed E-state index contributed by atoms with van der Waals surface area (Å²) in [4.78, 5) is 27.5. The van der Waals surface area contributed by atoms with E-state index >= 15 is 0 Å². The summed E-state index contributed by atoms with van der Waals surface area (Å²) in [6.07, 6.45) is 1.35. The van der Waals surface area contributed by atoms with Gasteiger partial charge in [0.2, 0.25) is 11.8 Å². The van der Waals surface area contributed by atoms with Gasteiger partial charge in [0.05, 0.1) is 17.5 Å². The number of hydrogen-bond acceptors (Lipinski definition) is 4. The van der Waals surface area contributed by atoms with Crippen LogP contribution in [-0.4, -0.2) is 29.0 Å². The van der Waals surface area contributed by atoms with E-state index in [9.17, 15) is 9.59 Å². The minimum absolute atomic E-state index is 0.0604. The van der Waals surface area contributed by atoms with Crippen LogP contribution in [0.5, 0.6) is 0 Å². The number of thioether (sulfide) groups is 1. The molecule has 0 bridgehead atoms. The Morgan fingerprint density at radius 3 is 2.85 bits per heavy atom. The lowest BCUT2D eigenvalue weighted by atomic mass is 10.2. The van der Waals surface area contributed by atoms with Crippen molar-refractivity contribution in [3.8, 4) is 0 Å². The lowest BCUT2D eigenvalue weighted by molar-refractivity contribution is -0.132. The minimum atomic E-state index is -0.403. The molecule has 6 heteroatoms. The summed E-state index contributed by atoms with van der Waals surface area (Å²) in [5.41, 5.74) is 0.817. The first-order chi connectivity index (χ1) is 12.5. The van der Waals surface area contributed by atoms with E-state index in [1.807, 2.05) is 36.4 Å². The van der Waals surface area contributed by atoms with Gasteiger partial charge >= 0.3 is 0 Å². The van der Waals surface area contributed by atoms with Gasteiger partial charge in [-0.05, 0) is 36.6 Å². The van der Waals surface area contributed by atoms with E-state index < -0.39 is 5.25 Å². The molecule has 5 nitrogen and oxygen atoms in total. The number of amides is 2. The molecule has 2 aromatic rings. The van der Waals surface area contributed by atoms with E-state index in [2.05, 4.69) is 12.2 Å². The highest BCUT2D eigenvalue weighted by Crippen LogP contribution is 2.47. The maximum Gasteiger partial charge on any atom is 0.238 e. The third-order valence-electron chi connectivity index (χ3n) is 5.04. The topological polar surface area (TPSA) is 62.6 Å². The molecule has 0 radical (unpaired) electrons. The van der Waals surface area contributed by atoms with Crippen molar-refractivity contribution in [2.75, 3.05) is 12.4 Å². The van der Waals surface area contributed by atoms with Crippen molar-refractivity contribution < 1.29 is 14.0 Å². The van der Waals surface area contributed by atoms with E-state index in [1.165, 1.54) is 18.2 Å². The number of benzene rings is 1. The van der Waals surface area contributed by atoms with Crippen LogP contribution in [0.4, 0.5) is 5.69 Å². The Labute approximate surface area is 157 Å². The van der Waals surface area contributed by atoms with Gasteiger partial charge in [-0.1, -0.05) is 19.1 Å². The summed E-state index contributed by atoms with van der Waals surface area (Å²) in [5, 5.41) is 2.48. The van der Waals surface area contributed by atoms with Gasteiger partial charge in [0.15, 0.2) is 0 Å². The fourth-order valence-corrected chi connectivity index (χ4v) is 4.36. The van der Waals surface area contributed by atoms with Gasteiger partial charge in [-0.15, -0.1) is 11.8 Å². The zero-order chi connectivity index (χ0) is 18.3. The molecule has 4 rings (SSSR count). The summed E-state index contributed by atoms with van der Waals surface area (Å²) in [5.74, 6) is 2.87. The first-order valence-electron chi connectivity index (χ1n) is 8.90. The van der Waals surface area contributed by atoms with Gasteiger partial charge in [0, 0.05) is 24.3 Å². The van der Waals surface area contributed by atoms with Crippen molar-refractivity contribution in [3.63, 3.8) is 0 Å². The molecule has 136 valence electrons. The smallest absolute Gasteiger partial charge is 0.238 e. The number of nitrogens with one attached hydrogen (secondary N) is 1. The summed E-state index contributed by atoms with van der Waals surface area (Å²) in [6, 6.07) is 11.6. The Balaban J connectivity index is 1.35. The fourth-order valence-electron chi connectivity index (χ4n) is 3.26. The molecule has 1 aliphatic heterocycles. The van der Waals surface area contributed by atoms with Crippen molar-refractivity contribution in [1.29, 1.82) is 0 Å². The Morgan fingerprint density at radius 1 is 1.31 bits per heavy atom. The van der Waals surface area contributed by atoms with Crippen LogP contribution in [0.25, 0.3) is 0 Å². The molecule has 26 heavy (non-hydrogen) atoms. The molecule has 0 spiro atoms. The Hall–Kier alpha value is -2.21. The van der Waals surface area contributed by atoms with Gasteiger partial charge < -0.3 is 14.6 Å². The molecule has 3 unspecified atom stereocenters. The first kappa shape index (κ1) is 17.2. The molecule has 2 amide bonds. The second-order valence-electron chi connectivity index (χ2n) is 7.17. The lowest BCUT2D eigenvalue weighted by Gasteiger charge is -2.25. The molecule has 1 saturated carbocycles. The molecule has 1 fully saturated rings. The zero-order valence-corrected chi connectivity index (χ0v) is 15.7. The minimum Gasteiger partial charge on any atom is -0.464 e. The van der Waals surface area contributed by atoms with E-state index in [-0.39, 0.29) is 18.2 Å². The summed E-state index contributed by atoms with van der Waals surface area (Å²) < 4.78 is 5.88. The van der Waals surface area contributed by atoms with Crippen LogP contribution < -0.4 is 5.32 Å². The number of carbonyl (C=O) groups excluding carboxylic acids is 2. The summed E-state index contributed by atoms with van der Waals surface area (Å²) in [7, 11) is 1.75. The highest BCUT2D eigenvalue weighted by Gasteiger charge is 2.36. The largest absolute Gasteiger partial charge is 0.464 e. The second-order valence-corrected chi connectivity index (χ2v) is 8.41. The summed E-state index contributed by atoms with van der Waals surface area (Å²) in [6.45, 7) is 2.64. The number of carbonyl (C=O) groups is 2. The molecule has 1 N–H and O–H groups in total. The Kier molecular flexibility index (Phi) is 4.53. The number of nitrogens with zero attached hydrogens (tertiary/aromatic N) is 1.